The summed E-state index contributed by atoms with van der Waals surface area (Å²) < 4.78 is 4.81. The minimum absolute atomic E-state index is 0.117. The van der Waals surface area contributed by atoms with Crippen molar-refractivity contribution in [1.82, 2.24) is 0 Å². The highest BCUT2D eigenvalue weighted by Crippen LogP contribution is 2.00. The Balaban J connectivity index is 3.27. The third kappa shape index (κ3) is 7.32. The van der Waals surface area contributed by atoms with E-state index >= 15 is 0 Å². The number of hydrogen-bond acceptors (Lipinski definition) is 2. The van der Waals surface area contributed by atoms with E-state index in [9.17, 15) is 4.79 Å². The molecule has 0 aromatic rings. The molecule has 0 bridgehead atoms. The summed E-state index contributed by atoms with van der Waals surface area (Å²) >= 11 is 0. The first-order chi connectivity index (χ1) is 5.81. The number of hydrogen-bond donors (Lipinski definition) is 0. The van der Waals surface area contributed by atoms with Crippen molar-refractivity contribution in [2.45, 2.75) is 46.0 Å². The van der Waals surface area contributed by atoms with Crippen molar-refractivity contribution in [3.63, 3.8) is 0 Å². The molecule has 0 spiro atoms. The molecule has 0 N–H and O–H groups in total. The van der Waals surface area contributed by atoms with Gasteiger partial charge in [-0.05, 0) is 18.9 Å². The van der Waals surface area contributed by atoms with E-state index in [1.165, 1.54) is 6.26 Å². The Morgan fingerprint density at radius 2 is 2.08 bits per heavy atom. The van der Waals surface area contributed by atoms with Crippen LogP contribution in [-0.2, 0) is 9.53 Å². The van der Waals surface area contributed by atoms with Crippen molar-refractivity contribution in [3.05, 3.63) is 12.3 Å². The Morgan fingerprint density at radius 3 is 2.67 bits per heavy atom. The quantitative estimate of drug-likeness (QED) is 0.348. The van der Waals surface area contributed by atoms with Crippen molar-refractivity contribution >= 4 is 5.97 Å². The molecule has 12 heavy (non-hydrogen) atoms. The Labute approximate surface area is 74.6 Å². The smallest absolute Gasteiger partial charge is 0.310 e. The second kappa shape index (κ2) is 8.31. The lowest BCUT2D eigenvalue weighted by Gasteiger charge is -1.97. The SMILES string of the molecule is CCC=COC(=O)CCCCC. The van der Waals surface area contributed by atoms with Gasteiger partial charge in [0.1, 0.15) is 0 Å². The number of allylic oxidation sites excluding steroid dienone is 1. The van der Waals surface area contributed by atoms with Gasteiger partial charge in [-0.25, -0.2) is 0 Å². The summed E-state index contributed by atoms with van der Waals surface area (Å²) in [5.74, 6) is -0.117. The third-order valence-electron chi connectivity index (χ3n) is 1.52. The zero-order valence-electron chi connectivity index (χ0n) is 8.01. The maximum Gasteiger partial charge on any atom is 0.310 e. The fourth-order valence-corrected chi connectivity index (χ4v) is 0.798. The minimum Gasteiger partial charge on any atom is -0.435 e. The third-order valence-corrected chi connectivity index (χ3v) is 1.52. The van der Waals surface area contributed by atoms with E-state index in [1.807, 2.05) is 13.0 Å². The Hall–Kier alpha value is -0.790. The summed E-state index contributed by atoms with van der Waals surface area (Å²) in [6.07, 6.45) is 7.94. The number of carbonyl (C=O) groups is 1. The summed E-state index contributed by atoms with van der Waals surface area (Å²) in [5, 5.41) is 0. The van der Waals surface area contributed by atoms with Gasteiger partial charge in [0.05, 0.1) is 6.26 Å². The normalized spacial score (nSPS) is 10.5. The fraction of sp³-hybridized carbons (Fsp3) is 0.700. The van der Waals surface area contributed by atoms with Gasteiger partial charge in [-0.1, -0.05) is 26.7 Å². The van der Waals surface area contributed by atoms with Crippen LogP contribution in [0.25, 0.3) is 0 Å². The van der Waals surface area contributed by atoms with Gasteiger partial charge in [0.15, 0.2) is 0 Å². The molecule has 0 aliphatic heterocycles. The molecule has 0 heterocycles. The molecule has 0 amide bonds. The minimum atomic E-state index is -0.117. The molecule has 2 nitrogen and oxygen atoms in total. The summed E-state index contributed by atoms with van der Waals surface area (Å²) in [4.78, 5) is 10.9. The first-order valence-corrected chi connectivity index (χ1v) is 4.65. The van der Waals surface area contributed by atoms with Crippen LogP contribution in [0.2, 0.25) is 0 Å². The molecule has 0 aromatic carbocycles. The van der Waals surface area contributed by atoms with E-state index in [0.717, 1.165) is 25.7 Å². The second-order valence-electron chi connectivity index (χ2n) is 2.73. The predicted octanol–water partition coefficient (Wildman–Crippen LogP) is 3.03. The Bertz CT molecular complexity index is 139. The molecule has 0 saturated heterocycles. The monoisotopic (exact) mass is 170 g/mol. The van der Waals surface area contributed by atoms with Gasteiger partial charge in [0, 0.05) is 6.42 Å². The molecule has 0 aliphatic carbocycles. The highest BCUT2D eigenvalue weighted by molar-refractivity contribution is 5.69. The lowest BCUT2D eigenvalue weighted by Crippen LogP contribution is -1.98. The molecule has 0 rings (SSSR count). The summed E-state index contributed by atoms with van der Waals surface area (Å²) in [6, 6.07) is 0. The van der Waals surface area contributed by atoms with Crippen LogP contribution in [0.1, 0.15) is 46.0 Å². The first kappa shape index (κ1) is 11.2. The van der Waals surface area contributed by atoms with Crippen molar-refractivity contribution in [1.29, 1.82) is 0 Å². The van der Waals surface area contributed by atoms with Crippen LogP contribution in [0.4, 0.5) is 0 Å². The summed E-state index contributed by atoms with van der Waals surface area (Å²) in [5.41, 5.74) is 0. The van der Waals surface area contributed by atoms with E-state index in [1.54, 1.807) is 0 Å². The molecule has 0 unspecified atom stereocenters. The zero-order chi connectivity index (χ0) is 9.23. The highest BCUT2D eigenvalue weighted by atomic mass is 16.5. The Kier molecular flexibility index (Phi) is 7.76. The van der Waals surface area contributed by atoms with E-state index in [0.29, 0.717) is 6.42 Å². The lowest BCUT2D eigenvalue weighted by atomic mass is 10.2. The number of ether oxygens (including phenoxy) is 1. The van der Waals surface area contributed by atoms with E-state index in [2.05, 4.69) is 6.92 Å². The molecule has 0 aromatic heterocycles. The van der Waals surface area contributed by atoms with Crippen LogP contribution in [-0.4, -0.2) is 5.97 Å². The molecule has 0 atom stereocenters. The highest BCUT2D eigenvalue weighted by Gasteiger charge is 1.98. The van der Waals surface area contributed by atoms with Crippen LogP contribution in [0, 0.1) is 0 Å². The topological polar surface area (TPSA) is 26.3 Å². The van der Waals surface area contributed by atoms with E-state index in [-0.39, 0.29) is 5.97 Å². The van der Waals surface area contributed by atoms with Crippen LogP contribution >= 0.6 is 0 Å². The van der Waals surface area contributed by atoms with E-state index < -0.39 is 0 Å². The summed E-state index contributed by atoms with van der Waals surface area (Å²) in [6.45, 7) is 4.11. The van der Waals surface area contributed by atoms with Gasteiger partial charge in [-0.3, -0.25) is 4.79 Å². The van der Waals surface area contributed by atoms with Gasteiger partial charge in [0.2, 0.25) is 0 Å². The average Bonchev–Trinajstić information content (AvgIpc) is 2.06. The lowest BCUT2D eigenvalue weighted by molar-refractivity contribution is -0.138. The molecule has 70 valence electrons. The first-order valence-electron chi connectivity index (χ1n) is 4.65. The van der Waals surface area contributed by atoms with Crippen LogP contribution in [0.3, 0.4) is 0 Å². The number of esters is 1. The molecule has 0 aliphatic rings. The molecular weight excluding hydrogens is 152 g/mol. The van der Waals surface area contributed by atoms with Gasteiger partial charge >= 0.3 is 5.97 Å². The Morgan fingerprint density at radius 1 is 1.33 bits per heavy atom. The average molecular weight is 170 g/mol. The van der Waals surface area contributed by atoms with Crippen LogP contribution < -0.4 is 0 Å². The van der Waals surface area contributed by atoms with Crippen LogP contribution in [0.15, 0.2) is 12.3 Å². The molecule has 0 fully saturated rings. The fourth-order valence-electron chi connectivity index (χ4n) is 0.798. The van der Waals surface area contributed by atoms with Gasteiger partial charge in [-0.2, -0.15) is 0 Å². The number of rotatable bonds is 6. The van der Waals surface area contributed by atoms with Gasteiger partial charge < -0.3 is 4.74 Å². The van der Waals surface area contributed by atoms with Gasteiger partial charge in [-0.15, -0.1) is 0 Å². The number of unbranched alkanes of at least 4 members (excludes halogenated alkanes) is 2. The van der Waals surface area contributed by atoms with Crippen molar-refractivity contribution in [2.75, 3.05) is 0 Å². The molecule has 0 radical (unpaired) electrons. The largest absolute Gasteiger partial charge is 0.435 e. The summed E-state index contributed by atoms with van der Waals surface area (Å²) in [7, 11) is 0. The zero-order valence-corrected chi connectivity index (χ0v) is 8.01. The maximum absolute atomic E-state index is 10.9. The standard InChI is InChI=1S/C10H18O2/c1-3-5-7-8-10(11)12-9-6-4-2/h6,9H,3-5,7-8H2,1-2H3. The van der Waals surface area contributed by atoms with Gasteiger partial charge in [0.25, 0.3) is 0 Å². The predicted molar refractivity (Wildman–Crippen MR) is 49.7 cm³/mol. The van der Waals surface area contributed by atoms with E-state index in [4.69, 9.17) is 4.74 Å². The number of carbonyl (C=O) groups excluding carboxylic acids is 1. The molecule has 2 heteroatoms. The van der Waals surface area contributed by atoms with Crippen molar-refractivity contribution in [3.8, 4) is 0 Å². The molecular formula is C10H18O2. The van der Waals surface area contributed by atoms with Crippen molar-refractivity contribution < 1.29 is 9.53 Å². The van der Waals surface area contributed by atoms with Crippen LogP contribution in [0.5, 0.6) is 0 Å². The maximum atomic E-state index is 10.9. The van der Waals surface area contributed by atoms with Crippen molar-refractivity contribution in [2.24, 2.45) is 0 Å². The second-order valence-corrected chi connectivity index (χ2v) is 2.73. The molecule has 0 saturated carbocycles.